The zero-order chi connectivity index (χ0) is 19.9. The van der Waals surface area contributed by atoms with Crippen LogP contribution in [0.5, 0.6) is 5.75 Å². The molecule has 1 heterocycles. The number of benzene rings is 2. The first-order valence-electron chi connectivity index (χ1n) is 9.65. The third-order valence-electron chi connectivity index (χ3n) is 4.77. The van der Waals surface area contributed by atoms with E-state index < -0.39 is 6.10 Å². The Morgan fingerprint density at radius 3 is 2.39 bits per heavy atom. The van der Waals surface area contributed by atoms with Gasteiger partial charge in [0, 0.05) is 29.4 Å². The molecule has 3 rings (SSSR count). The van der Waals surface area contributed by atoms with Gasteiger partial charge in [0.2, 0.25) is 0 Å². The molecular weight excluding hydrogens is 376 g/mol. The summed E-state index contributed by atoms with van der Waals surface area (Å²) in [7, 11) is 0. The van der Waals surface area contributed by atoms with Gasteiger partial charge in [-0.15, -0.1) is 0 Å². The highest BCUT2D eigenvalue weighted by Crippen LogP contribution is 2.19. The smallest absolute Gasteiger partial charge is 0.265 e. The standard InChI is InChI=1S/C22H25ClN2O3/c1-16(28-20-11-9-18(23)10-12-20)21(26)24-19-8-6-7-17(15-19)22(27)25-13-4-2-3-5-14-25/h6-12,15-16H,2-5,13-14H2,1H3,(H,24,26). The molecule has 2 aromatic carbocycles. The number of carbonyl (C=O) groups is 2. The number of nitrogens with one attached hydrogen (secondary N) is 1. The first-order valence-corrected chi connectivity index (χ1v) is 10.0. The molecule has 1 aliphatic rings. The van der Waals surface area contributed by atoms with E-state index in [9.17, 15) is 9.59 Å². The number of anilines is 1. The minimum atomic E-state index is -0.689. The summed E-state index contributed by atoms with van der Waals surface area (Å²) in [5, 5.41) is 3.43. The second kappa shape index (κ2) is 9.60. The van der Waals surface area contributed by atoms with Crippen molar-refractivity contribution in [3.05, 3.63) is 59.1 Å². The van der Waals surface area contributed by atoms with E-state index in [1.807, 2.05) is 4.90 Å². The average molecular weight is 401 g/mol. The second-order valence-corrected chi connectivity index (χ2v) is 7.43. The van der Waals surface area contributed by atoms with Crippen LogP contribution in [-0.4, -0.2) is 35.9 Å². The van der Waals surface area contributed by atoms with Crippen molar-refractivity contribution in [3.63, 3.8) is 0 Å². The minimum absolute atomic E-state index is 0.0171. The Morgan fingerprint density at radius 2 is 1.71 bits per heavy atom. The number of hydrogen-bond donors (Lipinski definition) is 1. The van der Waals surface area contributed by atoms with E-state index in [0.29, 0.717) is 22.0 Å². The highest BCUT2D eigenvalue weighted by molar-refractivity contribution is 6.30. The van der Waals surface area contributed by atoms with Gasteiger partial charge in [0.1, 0.15) is 5.75 Å². The maximum absolute atomic E-state index is 12.8. The monoisotopic (exact) mass is 400 g/mol. The van der Waals surface area contributed by atoms with Gasteiger partial charge < -0.3 is 15.0 Å². The quantitative estimate of drug-likeness (QED) is 0.786. The molecule has 5 nitrogen and oxygen atoms in total. The predicted octanol–water partition coefficient (Wildman–Crippen LogP) is 4.76. The summed E-state index contributed by atoms with van der Waals surface area (Å²) in [5.41, 5.74) is 1.17. The Hall–Kier alpha value is -2.53. The third-order valence-corrected chi connectivity index (χ3v) is 5.02. The Labute approximate surface area is 170 Å². The van der Waals surface area contributed by atoms with Crippen LogP contribution in [0.4, 0.5) is 5.69 Å². The van der Waals surface area contributed by atoms with Crippen molar-refractivity contribution in [2.45, 2.75) is 38.7 Å². The molecule has 2 aromatic rings. The van der Waals surface area contributed by atoms with E-state index in [0.717, 1.165) is 25.9 Å². The van der Waals surface area contributed by atoms with Crippen molar-refractivity contribution < 1.29 is 14.3 Å². The Morgan fingerprint density at radius 1 is 1.04 bits per heavy atom. The number of halogens is 1. The van der Waals surface area contributed by atoms with Gasteiger partial charge in [-0.25, -0.2) is 0 Å². The van der Waals surface area contributed by atoms with Crippen LogP contribution >= 0.6 is 11.6 Å². The largest absolute Gasteiger partial charge is 0.481 e. The fraction of sp³-hybridized carbons (Fsp3) is 0.364. The van der Waals surface area contributed by atoms with Gasteiger partial charge in [-0.1, -0.05) is 30.5 Å². The Balaban J connectivity index is 1.62. The van der Waals surface area contributed by atoms with Crippen LogP contribution in [0, 0.1) is 0 Å². The van der Waals surface area contributed by atoms with Crippen molar-refractivity contribution in [2.24, 2.45) is 0 Å². The fourth-order valence-electron chi connectivity index (χ4n) is 3.20. The minimum Gasteiger partial charge on any atom is -0.481 e. The molecule has 0 bridgehead atoms. The zero-order valence-electron chi connectivity index (χ0n) is 16.0. The lowest BCUT2D eigenvalue weighted by Gasteiger charge is -2.21. The van der Waals surface area contributed by atoms with Gasteiger partial charge in [0.15, 0.2) is 6.10 Å². The number of amides is 2. The Kier molecular flexibility index (Phi) is 6.93. The normalized spacial score (nSPS) is 15.4. The highest BCUT2D eigenvalue weighted by Gasteiger charge is 2.19. The van der Waals surface area contributed by atoms with Crippen LogP contribution in [0.2, 0.25) is 5.02 Å². The summed E-state index contributed by atoms with van der Waals surface area (Å²) < 4.78 is 5.64. The average Bonchev–Trinajstić information content (AvgIpc) is 2.99. The molecule has 1 atom stereocenters. The molecule has 1 saturated heterocycles. The van der Waals surface area contributed by atoms with Crippen molar-refractivity contribution in [1.29, 1.82) is 0 Å². The van der Waals surface area contributed by atoms with E-state index in [-0.39, 0.29) is 11.8 Å². The molecule has 1 fully saturated rings. The maximum Gasteiger partial charge on any atom is 0.265 e. The van der Waals surface area contributed by atoms with E-state index in [1.54, 1.807) is 55.5 Å². The number of carbonyl (C=O) groups excluding carboxylic acids is 2. The summed E-state index contributed by atoms with van der Waals surface area (Å²) in [6.07, 6.45) is 3.74. The van der Waals surface area contributed by atoms with Gasteiger partial charge in [0.25, 0.3) is 11.8 Å². The molecule has 2 amide bonds. The lowest BCUT2D eigenvalue weighted by Crippen LogP contribution is -2.32. The van der Waals surface area contributed by atoms with E-state index >= 15 is 0 Å². The number of rotatable bonds is 5. The van der Waals surface area contributed by atoms with Crippen LogP contribution in [0.1, 0.15) is 43.0 Å². The molecule has 6 heteroatoms. The molecule has 1 N–H and O–H groups in total. The maximum atomic E-state index is 12.8. The molecule has 0 radical (unpaired) electrons. The van der Waals surface area contributed by atoms with Crippen molar-refractivity contribution in [1.82, 2.24) is 4.90 Å². The van der Waals surface area contributed by atoms with Crippen LogP contribution in [0.15, 0.2) is 48.5 Å². The summed E-state index contributed by atoms with van der Waals surface area (Å²) in [4.78, 5) is 27.1. The number of nitrogens with zero attached hydrogens (tertiary/aromatic N) is 1. The van der Waals surface area contributed by atoms with Crippen LogP contribution < -0.4 is 10.1 Å². The van der Waals surface area contributed by atoms with Gasteiger partial charge >= 0.3 is 0 Å². The van der Waals surface area contributed by atoms with Gasteiger partial charge in [-0.2, -0.15) is 0 Å². The zero-order valence-corrected chi connectivity index (χ0v) is 16.7. The third kappa shape index (κ3) is 5.49. The lowest BCUT2D eigenvalue weighted by atomic mass is 10.1. The van der Waals surface area contributed by atoms with Crippen LogP contribution in [0.25, 0.3) is 0 Å². The summed E-state index contributed by atoms with van der Waals surface area (Å²) in [6, 6.07) is 13.9. The molecule has 148 valence electrons. The summed E-state index contributed by atoms with van der Waals surface area (Å²) in [5.74, 6) is 0.301. The van der Waals surface area contributed by atoms with Gasteiger partial charge in [-0.3, -0.25) is 9.59 Å². The number of hydrogen-bond acceptors (Lipinski definition) is 3. The molecule has 28 heavy (non-hydrogen) atoms. The van der Waals surface area contributed by atoms with E-state index in [1.165, 1.54) is 12.8 Å². The number of ether oxygens (including phenoxy) is 1. The van der Waals surface area contributed by atoms with Crippen LogP contribution in [-0.2, 0) is 4.79 Å². The summed E-state index contributed by atoms with van der Waals surface area (Å²) >= 11 is 5.86. The lowest BCUT2D eigenvalue weighted by molar-refractivity contribution is -0.122. The first kappa shape index (κ1) is 20.2. The summed E-state index contributed by atoms with van der Waals surface area (Å²) in [6.45, 7) is 3.26. The van der Waals surface area contributed by atoms with E-state index in [4.69, 9.17) is 16.3 Å². The molecular formula is C22H25ClN2O3. The second-order valence-electron chi connectivity index (χ2n) is 6.99. The fourth-order valence-corrected chi connectivity index (χ4v) is 3.33. The van der Waals surface area contributed by atoms with Crippen molar-refractivity contribution in [3.8, 4) is 5.75 Å². The van der Waals surface area contributed by atoms with Crippen molar-refractivity contribution in [2.75, 3.05) is 18.4 Å². The van der Waals surface area contributed by atoms with Gasteiger partial charge in [0.05, 0.1) is 0 Å². The highest BCUT2D eigenvalue weighted by atomic mass is 35.5. The molecule has 0 spiro atoms. The Bertz CT molecular complexity index is 815. The molecule has 1 aliphatic heterocycles. The van der Waals surface area contributed by atoms with Gasteiger partial charge in [-0.05, 0) is 62.2 Å². The molecule has 1 unspecified atom stereocenters. The molecule has 0 saturated carbocycles. The van der Waals surface area contributed by atoms with Crippen molar-refractivity contribution >= 4 is 29.1 Å². The molecule has 0 aromatic heterocycles. The van der Waals surface area contributed by atoms with Crippen LogP contribution in [0.3, 0.4) is 0 Å². The first-order chi connectivity index (χ1) is 13.5. The predicted molar refractivity (Wildman–Crippen MR) is 111 cm³/mol. The molecule has 0 aliphatic carbocycles. The SMILES string of the molecule is CC(Oc1ccc(Cl)cc1)C(=O)Nc1cccc(C(=O)N2CCCCCC2)c1. The topological polar surface area (TPSA) is 58.6 Å². The number of likely N-dealkylation sites (tertiary alicyclic amines) is 1. The van der Waals surface area contributed by atoms with E-state index in [2.05, 4.69) is 5.32 Å².